The molecule has 0 aromatic heterocycles. The molecule has 0 aromatic carbocycles. The molecular weight excluding hydrogens is 184 g/mol. The van der Waals surface area contributed by atoms with E-state index in [4.69, 9.17) is 0 Å². The number of rotatable bonds is 1. The van der Waals surface area contributed by atoms with E-state index in [1.807, 2.05) is 24.3 Å². The predicted octanol–water partition coefficient (Wildman–Crippen LogP) is 1.73. The molecule has 1 aliphatic heterocycles. The molecule has 2 rings (SSSR count). The van der Waals surface area contributed by atoms with Gasteiger partial charge in [-0.1, -0.05) is 12.1 Å². The maximum Gasteiger partial charge on any atom is 0.0939 e. The summed E-state index contributed by atoms with van der Waals surface area (Å²) in [7, 11) is 0. The number of hydrogen-bond acceptors (Lipinski definition) is 3. The maximum absolute atomic E-state index is 9.39. The van der Waals surface area contributed by atoms with Gasteiger partial charge in [-0.25, -0.2) is 4.09 Å². The summed E-state index contributed by atoms with van der Waals surface area (Å²) in [6.45, 7) is 1.69. The first kappa shape index (κ1) is 8.59. The Bertz CT molecular complexity index is 397. The zero-order valence-corrected chi connectivity index (χ0v) is 8.07. The van der Waals surface area contributed by atoms with E-state index in [0.29, 0.717) is 5.69 Å². The lowest BCUT2D eigenvalue weighted by Gasteiger charge is -2.11. The topological polar surface area (TPSA) is 38.1 Å². The quantitative estimate of drug-likeness (QED) is 0.678. The van der Waals surface area contributed by atoms with Gasteiger partial charge < -0.3 is 5.11 Å². The van der Waals surface area contributed by atoms with Crippen molar-refractivity contribution < 1.29 is 5.11 Å². The molecule has 1 aliphatic carbocycles. The molecule has 0 bridgehead atoms. The molecule has 0 spiro atoms. The van der Waals surface area contributed by atoms with E-state index in [-0.39, 0.29) is 0 Å². The number of nitrogens with zero attached hydrogens (tertiary/aromatic N) is 2. The first-order chi connectivity index (χ1) is 6.18. The smallest absolute Gasteiger partial charge is 0.0939 e. The summed E-state index contributed by atoms with van der Waals surface area (Å²) in [5.74, 6) is 0. The molecule has 3 nitrogen and oxygen atoms in total. The molecule has 1 heterocycles. The van der Waals surface area contributed by atoms with E-state index in [1.54, 1.807) is 6.92 Å². The van der Waals surface area contributed by atoms with Crippen molar-refractivity contribution >= 4 is 12.8 Å². The lowest BCUT2D eigenvalue weighted by Crippen LogP contribution is -2.05. The van der Waals surface area contributed by atoms with E-state index < -0.39 is 6.10 Å². The largest absolute Gasteiger partial charge is 0.387 e. The van der Waals surface area contributed by atoms with Crippen LogP contribution in [0.2, 0.25) is 0 Å². The number of aromatic nitrogens is 2. The van der Waals surface area contributed by atoms with Gasteiger partial charge in [0, 0.05) is 5.56 Å². The first-order valence-corrected chi connectivity index (χ1v) is 4.44. The summed E-state index contributed by atoms with van der Waals surface area (Å²) in [6, 6.07) is 7.69. The van der Waals surface area contributed by atoms with Crippen LogP contribution in [0, 0.1) is 0 Å². The summed E-state index contributed by atoms with van der Waals surface area (Å²) >= 11 is 4.13. The second kappa shape index (κ2) is 3.05. The van der Waals surface area contributed by atoms with Crippen LogP contribution in [0.25, 0.3) is 11.3 Å². The second-order valence-corrected chi connectivity index (χ2v) is 3.38. The number of aliphatic hydroxyl groups is 1. The van der Waals surface area contributed by atoms with Crippen molar-refractivity contribution in [3.63, 3.8) is 0 Å². The van der Waals surface area contributed by atoms with Crippen molar-refractivity contribution in [2.45, 2.75) is 13.0 Å². The zero-order valence-electron chi connectivity index (χ0n) is 7.18. The summed E-state index contributed by atoms with van der Waals surface area (Å²) < 4.78 is 1.41. The summed E-state index contributed by atoms with van der Waals surface area (Å²) in [5, 5.41) is 13.6. The Hall–Kier alpha value is -1.00. The highest BCUT2D eigenvalue weighted by Gasteiger charge is 2.11. The highest BCUT2D eigenvalue weighted by atomic mass is 32.1. The van der Waals surface area contributed by atoms with Crippen molar-refractivity contribution in [3.8, 4) is 11.3 Å². The van der Waals surface area contributed by atoms with Gasteiger partial charge >= 0.3 is 0 Å². The van der Waals surface area contributed by atoms with Crippen molar-refractivity contribution in [2.24, 2.45) is 0 Å². The average Bonchev–Trinajstić information content (AvgIpc) is 2.48. The fourth-order valence-electron chi connectivity index (χ4n) is 1.30. The summed E-state index contributed by atoms with van der Waals surface area (Å²) in [4.78, 5) is 0. The number of thiol groups is 1. The van der Waals surface area contributed by atoms with Crippen molar-refractivity contribution in [3.05, 3.63) is 30.0 Å². The Morgan fingerprint density at radius 3 is 3.00 bits per heavy atom. The van der Waals surface area contributed by atoms with E-state index >= 15 is 0 Å². The van der Waals surface area contributed by atoms with Gasteiger partial charge in [0.2, 0.25) is 0 Å². The average molecular weight is 194 g/mol. The van der Waals surface area contributed by atoms with Gasteiger partial charge in [-0.05, 0) is 31.9 Å². The zero-order chi connectivity index (χ0) is 9.42. The normalized spacial score (nSPS) is 13.5. The third kappa shape index (κ3) is 1.43. The van der Waals surface area contributed by atoms with Gasteiger partial charge in [-0.3, -0.25) is 0 Å². The van der Waals surface area contributed by atoms with Gasteiger partial charge in [0.25, 0.3) is 0 Å². The van der Waals surface area contributed by atoms with Crippen LogP contribution in [0.5, 0.6) is 0 Å². The molecule has 1 atom stereocenters. The van der Waals surface area contributed by atoms with E-state index in [1.165, 1.54) is 4.09 Å². The molecule has 13 heavy (non-hydrogen) atoms. The van der Waals surface area contributed by atoms with Crippen LogP contribution in [-0.2, 0) is 0 Å². The van der Waals surface area contributed by atoms with Crippen molar-refractivity contribution in [1.29, 1.82) is 0 Å². The van der Waals surface area contributed by atoms with E-state index in [2.05, 4.69) is 17.9 Å². The second-order valence-electron chi connectivity index (χ2n) is 3.00. The van der Waals surface area contributed by atoms with Crippen molar-refractivity contribution in [2.75, 3.05) is 0 Å². The van der Waals surface area contributed by atoms with Crippen LogP contribution in [0.15, 0.2) is 24.3 Å². The third-order valence-corrected chi connectivity index (χ3v) is 2.31. The molecule has 0 saturated heterocycles. The van der Waals surface area contributed by atoms with Crippen LogP contribution >= 0.6 is 12.8 Å². The molecule has 68 valence electrons. The lowest BCUT2D eigenvalue weighted by atomic mass is 10.2. The summed E-state index contributed by atoms with van der Waals surface area (Å²) in [5.41, 5.74) is 2.61. The Morgan fingerprint density at radius 2 is 2.31 bits per heavy atom. The number of aliphatic hydroxyl groups excluding tert-OH is 1. The van der Waals surface area contributed by atoms with Gasteiger partial charge in [0.1, 0.15) is 0 Å². The minimum Gasteiger partial charge on any atom is -0.387 e. The minimum absolute atomic E-state index is 0.552. The molecule has 4 heteroatoms. The van der Waals surface area contributed by atoms with Gasteiger partial charge in [0.05, 0.1) is 17.5 Å². The number of fused-ring (bicyclic) bond motifs is 1. The molecule has 0 fully saturated rings. The standard InChI is InChI=1S/C9H10N2OS/c1-6(12)9-5-7-3-2-4-8(7)10-11(9)13/h2-6,12-13H,1H3. The predicted molar refractivity (Wildman–Crippen MR) is 53.9 cm³/mol. The van der Waals surface area contributed by atoms with Crippen LogP contribution < -0.4 is 0 Å². The molecule has 2 aliphatic rings. The molecule has 0 amide bonds. The van der Waals surface area contributed by atoms with Crippen molar-refractivity contribution in [1.82, 2.24) is 9.19 Å². The van der Waals surface area contributed by atoms with Gasteiger partial charge in [-0.15, -0.1) is 0 Å². The van der Waals surface area contributed by atoms with Crippen LogP contribution in [0.3, 0.4) is 0 Å². The Balaban J connectivity index is 2.64. The summed E-state index contributed by atoms with van der Waals surface area (Å²) in [6.07, 6.45) is -0.552. The molecule has 1 unspecified atom stereocenters. The number of hydrogen-bond donors (Lipinski definition) is 2. The fourth-order valence-corrected chi connectivity index (χ4v) is 1.62. The fraction of sp³-hybridized carbons (Fsp3) is 0.222. The van der Waals surface area contributed by atoms with Crippen LogP contribution in [0.4, 0.5) is 0 Å². The monoisotopic (exact) mass is 194 g/mol. The first-order valence-electron chi connectivity index (χ1n) is 4.04. The van der Waals surface area contributed by atoms with Crippen LogP contribution in [0.1, 0.15) is 18.7 Å². The maximum atomic E-state index is 9.39. The minimum atomic E-state index is -0.552. The molecule has 0 radical (unpaired) electrons. The molecule has 0 aromatic rings. The van der Waals surface area contributed by atoms with Gasteiger partial charge in [0.15, 0.2) is 0 Å². The third-order valence-electron chi connectivity index (χ3n) is 1.99. The molecule has 0 saturated carbocycles. The Labute approximate surface area is 81.9 Å². The van der Waals surface area contributed by atoms with E-state index in [9.17, 15) is 5.11 Å². The van der Waals surface area contributed by atoms with Crippen LogP contribution in [-0.4, -0.2) is 14.3 Å². The lowest BCUT2D eigenvalue weighted by molar-refractivity contribution is 0.192. The Morgan fingerprint density at radius 1 is 1.54 bits per heavy atom. The highest BCUT2D eigenvalue weighted by Crippen LogP contribution is 2.24. The molecule has 1 N–H and O–H groups in total. The highest BCUT2D eigenvalue weighted by molar-refractivity contribution is 7.78. The molecular formula is C9H10N2OS. The SMILES string of the molecule is CC(O)c1cc2cccc-2nn1S. The van der Waals surface area contributed by atoms with Gasteiger partial charge in [-0.2, -0.15) is 5.10 Å². The Kier molecular flexibility index (Phi) is 2.01. The van der Waals surface area contributed by atoms with E-state index in [0.717, 1.165) is 11.3 Å².